The molecule has 1 rings (SSSR count). The van der Waals surface area contributed by atoms with Crippen LogP contribution in [0.5, 0.6) is 5.75 Å². The van der Waals surface area contributed by atoms with Gasteiger partial charge in [0.25, 0.3) is 5.69 Å². The number of ether oxygens (including phenoxy) is 1. The Morgan fingerprint density at radius 3 is 2.65 bits per heavy atom. The number of rotatable bonds is 9. The molecule has 23 heavy (non-hydrogen) atoms. The molecule has 0 heterocycles. The van der Waals surface area contributed by atoms with Gasteiger partial charge in [0, 0.05) is 18.7 Å². The van der Waals surface area contributed by atoms with Crippen molar-refractivity contribution >= 4 is 23.3 Å². The zero-order valence-electron chi connectivity index (χ0n) is 12.3. The van der Waals surface area contributed by atoms with E-state index < -0.39 is 29.3 Å². The Labute approximate surface area is 131 Å². The van der Waals surface area contributed by atoms with Crippen molar-refractivity contribution in [3.8, 4) is 5.75 Å². The predicted molar refractivity (Wildman–Crippen MR) is 79.4 cm³/mol. The molecule has 0 unspecified atom stereocenters. The zero-order valence-corrected chi connectivity index (χ0v) is 12.3. The van der Waals surface area contributed by atoms with E-state index in [9.17, 15) is 19.7 Å². The maximum atomic E-state index is 11.9. The SMILES string of the molecule is COc1ccc([N+](=O)[O-])cc1NC(=O)C[C@H](NCCO)C(=O)O. The first kappa shape index (κ1) is 18.3. The number of non-ortho nitro benzene ring substituents is 1. The lowest BCUT2D eigenvalue weighted by Gasteiger charge is -2.14. The molecular formula is C13H17N3O7. The van der Waals surface area contributed by atoms with E-state index in [0.717, 1.165) is 6.07 Å². The van der Waals surface area contributed by atoms with Gasteiger partial charge in [-0.15, -0.1) is 0 Å². The molecule has 126 valence electrons. The highest BCUT2D eigenvalue weighted by Gasteiger charge is 2.21. The number of aliphatic hydroxyl groups excluding tert-OH is 1. The minimum atomic E-state index is -1.25. The van der Waals surface area contributed by atoms with Crippen LogP contribution < -0.4 is 15.4 Å². The van der Waals surface area contributed by atoms with Gasteiger partial charge in [-0.25, -0.2) is 0 Å². The third kappa shape index (κ3) is 5.52. The molecule has 10 nitrogen and oxygen atoms in total. The molecule has 0 aromatic heterocycles. The maximum absolute atomic E-state index is 11.9. The van der Waals surface area contributed by atoms with Crippen molar-refractivity contribution in [3.63, 3.8) is 0 Å². The Morgan fingerprint density at radius 1 is 1.43 bits per heavy atom. The van der Waals surface area contributed by atoms with Crippen molar-refractivity contribution in [2.45, 2.75) is 12.5 Å². The van der Waals surface area contributed by atoms with E-state index in [2.05, 4.69) is 10.6 Å². The summed E-state index contributed by atoms with van der Waals surface area (Å²) in [5, 5.41) is 33.3. The molecule has 1 atom stereocenters. The zero-order chi connectivity index (χ0) is 17.4. The number of anilines is 1. The first-order valence-corrected chi connectivity index (χ1v) is 6.58. The Hall–Kier alpha value is -2.72. The van der Waals surface area contributed by atoms with E-state index in [4.69, 9.17) is 14.9 Å². The van der Waals surface area contributed by atoms with E-state index in [1.54, 1.807) is 0 Å². The average Bonchev–Trinajstić information content (AvgIpc) is 2.50. The van der Waals surface area contributed by atoms with Gasteiger partial charge < -0.3 is 25.6 Å². The monoisotopic (exact) mass is 327 g/mol. The Kier molecular flexibility index (Phi) is 6.90. The van der Waals surface area contributed by atoms with Crippen LogP contribution in [0.3, 0.4) is 0 Å². The summed E-state index contributed by atoms with van der Waals surface area (Å²) in [5.41, 5.74) is -0.174. The Balaban J connectivity index is 2.84. The summed E-state index contributed by atoms with van der Waals surface area (Å²) in [4.78, 5) is 33.1. The largest absolute Gasteiger partial charge is 0.495 e. The number of carboxylic acid groups (broad SMARTS) is 1. The third-order valence-corrected chi connectivity index (χ3v) is 2.86. The van der Waals surface area contributed by atoms with Crippen molar-refractivity contribution < 1.29 is 29.5 Å². The van der Waals surface area contributed by atoms with Gasteiger partial charge in [0.05, 0.1) is 30.7 Å². The number of methoxy groups -OCH3 is 1. The van der Waals surface area contributed by atoms with Crippen LogP contribution in [0.25, 0.3) is 0 Å². The fraction of sp³-hybridized carbons (Fsp3) is 0.385. The fourth-order valence-corrected chi connectivity index (χ4v) is 1.78. The number of benzene rings is 1. The minimum Gasteiger partial charge on any atom is -0.495 e. The smallest absolute Gasteiger partial charge is 0.321 e. The average molecular weight is 327 g/mol. The Bertz CT molecular complexity index is 591. The normalized spacial score (nSPS) is 11.6. The van der Waals surface area contributed by atoms with Gasteiger partial charge in [0.15, 0.2) is 0 Å². The van der Waals surface area contributed by atoms with Crippen LogP contribution in [0.1, 0.15) is 6.42 Å². The molecule has 0 radical (unpaired) electrons. The number of carbonyl (C=O) groups is 2. The number of carboxylic acids is 1. The molecular weight excluding hydrogens is 310 g/mol. The third-order valence-electron chi connectivity index (χ3n) is 2.86. The summed E-state index contributed by atoms with van der Waals surface area (Å²) >= 11 is 0. The molecule has 0 spiro atoms. The molecule has 0 saturated carbocycles. The first-order chi connectivity index (χ1) is 10.9. The second-order valence-electron chi connectivity index (χ2n) is 4.46. The van der Waals surface area contributed by atoms with Crippen molar-refractivity contribution in [1.29, 1.82) is 0 Å². The van der Waals surface area contributed by atoms with Crippen LogP contribution in [0.15, 0.2) is 18.2 Å². The first-order valence-electron chi connectivity index (χ1n) is 6.58. The summed E-state index contributed by atoms with van der Waals surface area (Å²) in [6.07, 6.45) is -0.415. The molecule has 0 bridgehead atoms. The van der Waals surface area contributed by atoms with E-state index in [0.29, 0.717) is 0 Å². The summed E-state index contributed by atoms with van der Waals surface area (Å²) in [6, 6.07) is 2.48. The number of nitrogens with zero attached hydrogens (tertiary/aromatic N) is 1. The number of nitro groups is 1. The van der Waals surface area contributed by atoms with Crippen molar-refractivity contribution in [1.82, 2.24) is 5.32 Å². The van der Waals surface area contributed by atoms with Crippen molar-refractivity contribution in [2.75, 3.05) is 25.6 Å². The molecule has 0 fully saturated rings. The number of aliphatic hydroxyl groups is 1. The van der Waals surface area contributed by atoms with Gasteiger partial charge >= 0.3 is 5.97 Å². The second kappa shape index (κ2) is 8.66. The van der Waals surface area contributed by atoms with Gasteiger partial charge in [-0.1, -0.05) is 0 Å². The molecule has 10 heteroatoms. The lowest BCUT2D eigenvalue weighted by atomic mass is 10.2. The van der Waals surface area contributed by atoms with Crippen LogP contribution in [0, 0.1) is 10.1 Å². The lowest BCUT2D eigenvalue weighted by Crippen LogP contribution is -2.41. The van der Waals surface area contributed by atoms with Crippen LogP contribution in [0.4, 0.5) is 11.4 Å². The van der Waals surface area contributed by atoms with Gasteiger partial charge in [0.2, 0.25) is 5.91 Å². The second-order valence-corrected chi connectivity index (χ2v) is 4.46. The number of amides is 1. The highest BCUT2D eigenvalue weighted by atomic mass is 16.6. The van der Waals surface area contributed by atoms with Crippen LogP contribution >= 0.6 is 0 Å². The number of nitrogens with one attached hydrogen (secondary N) is 2. The topological polar surface area (TPSA) is 151 Å². The van der Waals surface area contributed by atoms with Crippen molar-refractivity contribution in [3.05, 3.63) is 28.3 Å². The summed E-state index contributed by atoms with van der Waals surface area (Å²) < 4.78 is 5.00. The standard InChI is InChI=1S/C13H17N3O7/c1-23-11-3-2-8(16(21)22)6-9(11)15-12(18)7-10(13(19)20)14-4-5-17/h2-3,6,10,14,17H,4-5,7H2,1H3,(H,15,18)(H,19,20)/t10-/m0/s1. The van der Waals surface area contributed by atoms with E-state index in [1.165, 1.54) is 19.2 Å². The fourth-order valence-electron chi connectivity index (χ4n) is 1.78. The molecule has 0 aliphatic carbocycles. The summed E-state index contributed by atoms with van der Waals surface area (Å²) in [5.74, 6) is -1.71. The van der Waals surface area contributed by atoms with E-state index in [-0.39, 0.29) is 30.3 Å². The predicted octanol–water partition coefficient (Wildman–Crippen LogP) is -0.0329. The number of aliphatic carboxylic acids is 1. The van der Waals surface area contributed by atoms with Gasteiger partial charge in [-0.2, -0.15) is 0 Å². The highest BCUT2D eigenvalue weighted by Crippen LogP contribution is 2.28. The molecule has 0 aliphatic rings. The van der Waals surface area contributed by atoms with Crippen LogP contribution in [-0.2, 0) is 9.59 Å². The Morgan fingerprint density at radius 2 is 2.13 bits per heavy atom. The minimum absolute atomic E-state index is 0.0182. The quantitative estimate of drug-likeness (QED) is 0.364. The number of hydrogen-bond acceptors (Lipinski definition) is 7. The van der Waals surface area contributed by atoms with Gasteiger partial charge in [0.1, 0.15) is 11.8 Å². The van der Waals surface area contributed by atoms with Gasteiger partial charge in [-0.05, 0) is 6.07 Å². The number of hydrogen-bond donors (Lipinski definition) is 4. The molecule has 0 saturated heterocycles. The number of carbonyl (C=O) groups excluding carboxylic acids is 1. The number of nitro benzene ring substituents is 1. The molecule has 0 aliphatic heterocycles. The maximum Gasteiger partial charge on any atom is 0.321 e. The lowest BCUT2D eigenvalue weighted by molar-refractivity contribution is -0.384. The summed E-state index contributed by atoms with van der Waals surface area (Å²) in [7, 11) is 1.33. The van der Waals surface area contributed by atoms with Crippen LogP contribution in [0.2, 0.25) is 0 Å². The molecule has 4 N–H and O–H groups in total. The van der Waals surface area contributed by atoms with E-state index >= 15 is 0 Å². The van der Waals surface area contributed by atoms with Crippen molar-refractivity contribution in [2.24, 2.45) is 0 Å². The summed E-state index contributed by atoms with van der Waals surface area (Å²) in [6.45, 7) is -0.255. The van der Waals surface area contributed by atoms with Crippen LogP contribution in [-0.4, -0.2) is 53.3 Å². The molecule has 1 amide bonds. The van der Waals surface area contributed by atoms with Gasteiger partial charge in [-0.3, -0.25) is 19.7 Å². The molecule has 1 aromatic carbocycles. The van der Waals surface area contributed by atoms with E-state index in [1.807, 2.05) is 0 Å². The molecule has 1 aromatic rings. The highest BCUT2D eigenvalue weighted by molar-refractivity contribution is 5.95.